The molecule has 36 heavy (non-hydrogen) atoms. The van der Waals surface area contributed by atoms with E-state index in [1.807, 2.05) is 24.4 Å². The number of hydrogen-bond donors (Lipinski definition) is 0. The molecule has 2 saturated heterocycles. The van der Waals surface area contributed by atoms with Crippen molar-refractivity contribution in [2.24, 2.45) is 35.5 Å². The summed E-state index contributed by atoms with van der Waals surface area (Å²) < 4.78 is 0. The number of benzene rings is 1. The number of pyridine rings is 1. The summed E-state index contributed by atoms with van der Waals surface area (Å²) in [6.07, 6.45) is 10.7. The van der Waals surface area contributed by atoms with Crippen molar-refractivity contribution in [3.8, 4) is 6.07 Å². The molecule has 7 atom stereocenters. The highest BCUT2D eigenvalue weighted by Gasteiger charge is 2.63. The Hall–Kier alpha value is -2.87. The minimum Gasteiger partial charge on any atom is -0.372 e. The largest absolute Gasteiger partial charge is 0.372 e. The lowest BCUT2D eigenvalue weighted by atomic mass is 9.60. The van der Waals surface area contributed by atoms with Gasteiger partial charge in [0.2, 0.25) is 0 Å². The molecule has 1 amide bonds. The number of nitriles is 1. The Balaban J connectivity index is 1.00. The number of hydrogen-bond acceptors (Lipinski definition) is 4. The number of fused-ring (bicyclic) bond motifs is 1. The highest BCUT2D eigenvalue weighted by Crippen LogP contribution is 2.67. The first-order valence-electron chi connectivity index (χ1n) is 14.2. The van der Waals surface area contributed by atoms with E-state index in [1.165, 1.54) is 31.4 Å². The molecule has 1 aromatic heterocycles. The minimum atomic E-state index is 0.196. The first-order valence-corrected chi connectivity index (χ1v) is 14.2. The number of rotatable bonds is 3. The van der Waals surface area contributed by atoms with E-state index < -0.39 is 0 Å². The highest BCUT2D eigenvalue weighted by molar-refractivity contribution is 5.94. The minimum absolute atomic E-state index is 0.196. The van der Waals surface area contributed by atoms with Crippen LogP contribution in [0.3, 0.4) is 0 Å². The average molecular weight is 481 g/mol. The lowest BCUT2D eigenvalue weighted by Crippen LogP contribution is -2.40. The molecule has 5 nitrogen and oxygen atoms in total. The number of aromatic nitrogens is 1. The van der Waals surface area contributed by atoms with Gasteiger partial charge in [0.15, 0.2) is 0 Å². The fourth-order valence-corrected chi connectivity index (χ4v) is 8.54. The van der Waals surface area contributed by atoms with Gasteiger partial charge in [0.1, 0.15) is 0 Å². The number of nitrogens with zero attached hydrogens (tertiary/aromatic N) is 4. The van der Waals surface area contributed by atoms with E-state index in [4.69, 9.17) is 10.2 Å². The van der Waals surface area contributed by atoms with Crippen molar-refractivity contribution in [1.82, 2.24) is 9.88 Å². The maximum Gasteiger partial charge on any atom is 0.255 e. The molecule has 4 aliphatic carbocycles. The second-order valence-electron chi connectivity index (χ2n) is 12.1. The van der Waals surface area contributed by atoms with Gasteiger partial charge in [-0.3, -0.25) is 9.78 Å². The van der Waals surface area contributed by atoms with Gasteiger partial charge in [-0.05, 0) is 110 Å². The molecule has 6 fully saturated rings. The predicted molar refractivity (Wildman–Crippen MR) is 140 cm³/mol. The van der Waals surface area contributed by atoms with Crippen LogP contribution in [0, 0.1) is 46.8 Å². The monoisotopic (exact) mass is 480 g/mol. The lowest BCUT2D eigenvalue weighted by Gasteiger charge is -2.44. The fraction of sp³-hybridized carbons (Fsp3) is 0.581. The SMILES string of the molecule is N#Cc1ccc(N2CCCCC(c3ccc(C(=O)N4CC5C6CCC(C7CC67)C5C4)cn3)CC2)cc1. The third-order valence-corrected chi connectivity index (χ3v) is 10.4. The second kappa shape index (κ2) is 8.91. The topological polar surface area (TPSA) is 60.2 Å². The molecule has 186 valence electrons. The van der Waals surface area contributed by atoms with Crippen LogP contribution < -0.4 is 4.90 Å². The van der Waals surface area contributed by atoms with Crippen molar-refractivity contribution in [2.45, 2.75) is 50.9 Å². The van der Waals surface area contributed by atoms with E-state index in [0.717, 1.165) is 92.2 Å². The molecule has 7 unspecified atom stereocenters. The molecule has 8 rings (SSSR count). The van der Waals surface area contributed by atoms with Gasteiger partial charge in [-0.25, -0.2) is 0 Å². The Labute approximate surface area is 214 Å². The molecule has 5 heteroatoms. The van der Waals surface area contributed by atoms with Crippen LogP contribution in [0.5, 0.6) is 0 Å². The van der Waals surface area contributed by atoms with Crippen molar-refractivity contribution in [3.63, 3.8) is 0 Å². The first kappa shape index (κ1) is 22.3. The summed E-state index contributed by atoms with van der Waals surface area (Å²) in [4.78, 5) is 22.8. The second-order valence-corrected chi connectivity index (χ2v) is 12.1. The molecule has 2 aromatic rings. The molecule has 0 N–H and O–H groups in total. The van der Waals surface area contributed by atoms with Crippen LogP contribution in [0.15, 0.2) is 42.6 Å². The standard InChI is InChI=1S/C31H36N4O/c32-16-20-4-7-23(8-5-20)34-13-2-1-3-21(12-14-34)30-11-6-22(17-33-30)31(36)35-18-28-24-9-10-25(29(28)19-35)27-15-26(24)27/h4-8,11,17,21,24-29H,1-3,9-10,12-15,18-19H2. The van der Waals surface area contributed by atoms with Gasteiger partial charge in [0, 0.05) is 49.7 Å². The zero-order valence-corrected chi connectivity index (χ0v) is 21.1. The van der Waals surface area contributed by atoms with Gasteiger partial charge in [0.05, 0.1) is 17.2 Å². The molecule has 1 aromatic carbocycles. The third-order valence-electron chi connectivity index (χ3n) is 10.4. The van der Waals surface area contributed by atoms with E-state index in [0.29, 0.717) is 11.5 Å². The van der Waals surface area contributed by atoms with Gasteiger partial charge < -0.3 is 9.80 Å². The van der Waals surface area contributed by atoms with E-state index in [-0.39, 0.29) is 5.91 Å². The molecular weight excluding hydrogens is 444 g/mol. The van der Waals surface area contributed by atoms with E-state index >= 15 is 0 Å². The molecular formula is C31H36N4O. The van der Waals surface area contributed by atoms with Crippen LogP contribution in [0.1, 0.15) is 72.5 Å². The van der Waals surface area contributed by atoms with E-state index in [1.54, 1.807) is 0 Å². The number of likely N-dealkylation sites (tertiary alicyclic amines) is 1. The molecule has 3 heterocycles. The molecule has 0 radical (unpaired) electrons. The Morgan fingerprint density at radius 3 is 2.25 bits per heavy atom. The zero-order valence-electron chi connectivity index (χ0n) is 21.1. The summed E-state index contributed by atoms with van der Waals surface area (Å²) in [5, 5.41) is 9.09. The number of amides is 1. The van der Waals surface area contributed by atoms with Crippen molar-refractivity contribution in [1.29, 1.82) is 5.26 Å². The van der Waals surface area contributed by atoms with Gasteiger partial charge in [-0.2, -0.15) is 5.26 Å². The predicted octanol–water partition coefficient (Wildman–Crippen LogP) is 5.48. The van der Waals surface area contributed by atoms with Crippen LogP contribution in [0.4, 0.5) is 5.69 Å². The maximum atomic E-state index is 13.4. The van der Waals surface area contributed by atoms with Crippen LogP contribution in [0.25, 0.3) is 0 Å². The summed E-state index contributed by atoms with van der Waals surface area (Å²) in [6.45, 7) is 3.99. The number of carbonyl (C=O) groups is 1. The average Bonchev–Trinajstić information content (AvgIpc) is 3.61. The quantitative estimate of drug-likeness (QED) is 0.584. The summed E-state index contributed by atoms with van der Waals surface area (Å²) in [6, 6.07) is 14.3. The lowest BCUT2D eigenvalue weighted by molar-refractivity contribution is 0.0464. The van der Waals surface area contributed by atoms with Crippen LogP contribution in [-0.2, 0) is 0 Å². The molecule has 6 aliphatic rings. The van der Waals surface area contributed by atoms with Gasteiger partial charge in [-0.1, -0.05) is 6.42 Å². The van der Waals surface area contributed by atoms with Crippen molar-refractivity contribution >= 4 is 11.6 Å². The molecule has 2 bridgehead atoms. The van der Waals surface area contributed by atoms with Crippen molar-refractivity contribution in [2.75, 3.05) is 31.1 Å². The normalized spacial score (nSPS) is 34.8. The third kappa shape index (κ3) is 3.81. The van der Waals surface area contributed by atoms with Gasteiger partial charge in [-0.15, -0.1) is 0 Å². The Morgan fingerprint density at radius 1 is 0.833 bits per heavy atom. The molecule has 2 aliphatic heterocycles. The van der Waals surface area contributed by atoms with Gasteiger partial charge >= 0.3 is 0 Å². The van der Waals surface area contributed by atoms with Crippen molar-refractivity contribution in [3.05, 3.63) is 59.4 Å². The van der Waals surface area contributed by atoms with Crippen molar-refractivity contribution < 1.29 is 4.79 Å². The fourth-order valence-electron chi connectivity index (χ4n) is 8.54. The number of anilines is 1. The maximum absolute atomic E-state index is 13.4. The summed E-state index contributed by atoms with van der Waals surface area (Å²) in [7, 11) is 0. The van der Waals surface area contributed by atoms with E-state index in [2.05, 4.69) is 34.1 Å². The molecule has 4 saturated carbocycles. The van der Waals surface area contributed by atoms with Crippen LogP contribution in [-0.4, -0.2) is 42.0 Å². The summed E-state index contributed by atoms with van der Waals surface area (Å²) in [5.74, 6) is 5.93. The Kier molecular flexibility index (Phi) is 5.53. The van der Waals surface area contributed by atoms with Crippen LogP contribution >= 0.6 is 0 Å². The smallest absolute Gasteiger partial charge is 0.255 e. The number of carbonyl (C=O) groups excluding carboxylic acids is 1. The summed E-state index contributed by atoms with van der Waals surface area (Å²) >= 11 is 0. The highest BCUT2D eigenvalue weighted by atomic mass is 16.2. The van der Waals surface area contributed by atoms with E-state index in [9.17, 15) is 4.79 Å². The Morgan fingerprint density at radius 2 is 1.58 bits per heavy atom. The zero-order chi connectivity index (χ0) is 24.2. The first-order chi connectivity index (χ1) is 17.7. The summed E-state index contributed by atoms with van der Waals surface area (Å²) in [5.41, 5.74) is 3.79. The van der Waals surface area contributed by atoms with Gasteiger partial charge in [0.25, 0.3) is 5.91 Å². The molecule has 0 spiro atoms. The van der Waals surface area contributed by atoms with Crippen LogP contribution in [0.2, 0.25) is 0 Å². The Bertz CT molecular complexity index is 1140.